The van der Waals surface area contributed by atoms with Gasteiger partial charge in [0.15, 0.2) is 0 Å². The molecule has 0 aliphatic carbocycles. The minimum Gasteiger partial charge on any atom is -0.507 e. The second-order valence-corrected chi connectivity index (χ2v) is 5.43. The summed E-state index contributed by atoms with van der Waals surface area (Å²) in [6, 6.07) is 17.5. The van der Waals surface area contributed by atoms with Crippen LogP contribution in [0.25, 0.3) is 16.8 Å². The van der Waals surface area contributed by atoms with Gasteiger partial charge in [-0.3, -0.25) is 4.79 Å². The lowest BCUT2D eigenvalue weighted by Gasteiger charge is -2.10. The van der Waals surface area contributed by atoms with Crippen molar-refractivity contribution in [3.8, 4) is 5.75 Å². The predicted octanol–water partition coefficient (Wildman–Crippen LogP) is 3.90. The number of hydrogen-bond donors (Lipinski definition) is 3. The number of fused-ring (bicyclic) bond motifs is 1. The van der Waals surface area contributed by atoms with Gasteiger partial charge in [0.1, 0.15) is 5.75 Å². The number of carbonyl (C=O) groups is 2. The summed E-state index contributed by atoms with van der Waals surface area (Å²) >= 11 is 0. The molecule has 0 aromatic heterocycles. The Kier molecular flexibility index (Phi) is 4.48. The molecule has 3 aromatic carbocycles. The zero-order chi connectivity index (χ0) is 17.8. The molecule has 0 heterocycles. The Balaban J connectivity index is 1.93. The third kappa shape index (κ3) is 3.67. The number of hydrogen-bond acceptors (Lipinski definition) is 3. The van der Waals surface area contributed by atoms with E-state index in [0.29, 0.717) is 11.3 Å². The first-order valence-corrected chi connectivity index (χ1v) is 7.58. The number of carboxylic acids is 1. The van der Waals surface area contributed by atoms with E-state index in [4.69, 9.17) is 5.11 Å². The number of amides is 1. The Morgan fingerprint density at radius 2 is 1.72 bits per heavy atom. The van der Waals surface area contributed by atoms with E-state index in [-0.39, 0.29) is 11.3 Å². The number of benzene rings is 3. The minimum atomic E-state index is -1.09. The highest BCUT2D eigenvalue weighted by atomic mass is 16.4. The van der Waals surface area contributed by atoms with Crippen LogP contribution in [0.3, 0.4) is 0 Å². The van der Waals surface area contributed by atoms with E-state index < -0.39 is 11.9 Å². The van der Waals surface area contributed by atoms with Crippen LogP contribution >= 0.6 is 0 Å². The van der Waals surface area contributed by atoms with Gasteiger partial charge in [-0.2, -0.15) is 0 Å². The van der Waals surface area contributed by atoms with Crippen molar-refractivity contribution in [2.75, 3.05) is 5.32 Å². The number of aliphatic carboxylic acids is 1. The number of carboxylic acid groups (broad SMARTS) is 1. The fourth-order valence-corrected chi connectivity index (χ4v) is 2.53. The molecule has 5 nitrogen and oxygen atoms in total. The molecule has 0 radical (unpaired) electrons. The first-order valence-electron chi connectivity index (χ1n) is 7.58. The van der Waals surface area contributed by atoms with Crippen molar-refractivity contribution < 1.29 is 19.8 Å². The monoisotopic (exact) mass is 333 g/mol. The summed E-state index contributed by atoms with van der Waals surface area (Å²) < 4.78 is 0. The van der Waals surface area contributed by atoms with Crippen LogP contribution in [0.5, 0.6) is 5.75 Å². The molecule has 0 fully saturated rings. The van der Waals surface area contributed by atoms with Crippen LogP contribution in [0.4, 0.5) is 5.69 Å². The van der Waals surface area contributed by atoms with Gasteiger partial charge in [0.05, 0.1) is 5.56 Å². The zero-order valence-electron chi connectivity index (χ0n) is 13.1. The fraction of sp³-hybridized carbons (Fsp3) is 0. The third-order valence-electron chi connectivity index (χ3n) is 3.72. The molecule has 0 saturated carbocycles. The second kappa shape index (κ2) is 6.88. The maximum absolute atomic E-state index is 12.6. The van der Waals surface area contributed by atoms with Gasteiger partial charge in [0, 0.05) is 17.1 Å². The van der Waals surface area contributed by atoms with Gasteiger partial charge in [-0.15, -0.1) is 0 Å². The van der Waals surface area contributed by atoms with Crippen LogP contribution in [0.15, 0.2) is 66.7 Å². The van der Waals surface area contributed by atoms with E-state index in [0.717, 1.165) is 16.8 Å². The Hall–Kier alpha value is -3.60. The van der Waals surface area contributed by atoms with E-state index in [1.807, 2.05) is 36.4 Å². The highest BCUT2D eigenvalue weighted by molar-refractivity contribution is 6.10. The molecule has 124 valence electrons. The normalized spacial score (nSPS) is 10.9. The van der Waals surface area contributed by atoms with E-state index >= 15 is 0 Å². The van der Waals surface area contributed by atoms with Gasteiger partial charge in [0.25, 0.3) is 5.91 Å². The SMILES string of the molecule is O=C(O)/C=C/c1ccc(O)c(C(=O)Nc2cccc3ccccc23)c1. The number of aromatic hydroxyl groups is 1. The first-order chi connectivity index (χ1) is 12.0. The molecule has 3 N–H and O–H groups in total. The van der Waals surface area contributed by atoms with Crippen LogP contribution < -0.4 is 5.32 Å². The quantitative estimate of drug-likeness (QED) is 0.632. The van der Waals surface area contributed by atoms with E-state index in [9.17, 15) is 14.7 Å². The van der Waals surface area contributed by atoms with Crippen LogP contribution in [0.1, 0.15) is 15.9 Å². The van der Waals surface area contributed by atoms with Gasteiger partial charge in [0.2, 0.25) is 0 Å². The van der Waals surface area contributed by atoms with Crippen LogP contribution in [-0.4, -0.2) is 22.1 Å². The molecule has 0 unspecified atom stereocenters. The highest BCUT2D eigenvalue weighted by Gasteiger charge is 2.13. The summed E-state index contributed by atoms with van der Waals surface area (Å²) in [6.07, 6.45) is 2.33. The van der Waals surface area contributed by atoms with Crippen LogP contribution in [0, 0.1) is 0 Å². The number of carbonyl (C=O) groups excluding carboxylic acids is 1. The van der Waals surface area contributed by atoms with Crippen LogP contribution in [-0.2, 0) is 4.79 Å². The number of nitrogens with one attached hydrogen (secondary N) is 1. The van der Waals surface area contributed by atoms with Crippen molar-refractivity contribution in [2.45, 2.75) is 0 Å². The summed E-state index contributed by atoms with van der Waals surface area (Å²) in [7, 11) is 0. The largest absolute Gasteiger partial charge is 0.507 e. The topological polar surface area (TPSA) is 86.6 Å². The van der Waals surface area contributed by atoms with Gasteiger partial charge in [-0.25, -0.2) is 4.79 Å². The summed E-state index contributed by atoms with van der Waals surface area (Å²) in [5, 5.41) is 23.3. The fourth-order valence-electron chi connectivity index (χ4n) is 2.53. The molecule has 1 amide bonds. The Morgan fingerprint density at radius 3 is 2.52 bits per heavy atom. The van der Waals surface area contributed by atoms with Gasteiger partial charge < -0.3 is 15.5 Å². The van der Waals surface area contributed by atoms with Crippen LogP contribution in [0.2, 0.25) is 0 Å². The lowest BCUT2D eigenvalue weighted by Crippen LogP contribution is -2.12. The predicted molar refractivity (Wildman–Crippen MR) is 96.7 cm³/mol. The molecule has 0 bridgehead atoms. The van der Waals surface area contributed by atoms with Crippen molar-refractivity contribution in [2.24, 2.45) is 0 Å². The van der Waals surface area contributed by atoms with Crippen molar-refractivity contribution in [1.29, 1.82) is 0 Å². The zero-order valence-corrected chi connectivity index (χ0v) is 13.1. The van der Waals surface area contributed by atoms with E-state index in [1.54, 1.807) is 6.07 Å². The Labute approximate surface area is 143 Å². The van der Waals surface area contributed by atoms with Gasteiger partial charge in [-0.1, -0.05) is 42.5 Å². The molecule has 25 heavy (non-hydrogen) atoms. The summed E-state index contributed by atoms with van der Waals surface area (Å²) in [4.78, 5) is 23.2. The Morgan fingerprint density at radius 1 is 0.960 bits per heavy atom. The number of phenols is 1. The maximum Gasteiger partial charge on any atom is 0.328 e. The maximum atomic E-state index is 12.6. The van der Waals surface area contributed by atoms with E-state index in [2.05, 4.69) is 5.32 Å². The molecule has 0 saturated heterocycles. The minimum absolute atomic E-state index is 0.0699. The molecular formula is C20H15NO4. The average molecular weight is 333 g/mol. The molecule has 3 aromatic rings. The molecule has 5 heteroatoms. The molecule has 0 aliphatic heterocycles. The number of anilines is 1. The molecule has 0 aliphatic rings. The molecule has 0 atom stereocenters. The lowest BCUT2D eigenvalue weighted by atomic mass is 10.1. The molecule has 0 spiro atoms. The molecule has 3 rings (SSSR count). The smallest absolute Gasteiger partial charge is 0.328 e. The third-order valence-corrected chi connectivity index (χ3v) is 3.72. The average Bonchev–Trinajstić information content (AvgIpc) is 2.61. The summed E-state index contributed by atoms with van der Waals surface area (Å²) in [5.41, 5.74) is 1.21. The van der Waals surface area contributed by atoms with Gasteiger partial charge in [-0.05, 0) is 35.2 Å². The van der Waals surface area contributed by atoms with Gasteiger partial charge >= 0.3 is 5.97 Å². The van der Waals surface area contributed by atoms with Crippen molar-refractivity contribution in [3.63, 3.8) is 0 Å². The van der Waals surface area contributed by atoms with E-state index in [1.165, 1.54) is 24.3 Å². The second-order valence-electron chi connectivity index (χ2n) is 5.43. The lowest BCUT2D eigenvalue weighted by molar-refractivity contribution is -0.131. The highest BCUT2D eigenvalue weighted by Crippen LogP contribution is 2.25. The Bertz CT molecular complexity index is 987. The number of rotatable bonds is 4. The summed E-state index contributed by atoms with van der Waals surface area (Å²) in [6.45, 7) is 0. The standard InChI is InChI=1S/C20H15NO4/c22-18-10-8-13(9-11-19(23)24)12-16(18)20(25)21-17-7-3-5-14-4-1-2-6-15(14)17/h1-12,22H,(H,21,25)(H,23,24)/b11-9+. The van der Waals surface area contributed by atoms with Crippen molar-refractivity contribution in [1.82, 2.24) is 0 Å². The number of phenolic OH excluding ortho intramolecular Hbond substituents is 1. The summed E-state index contributed by atoms with van der Waals surface area (Å²) in [5.74, 6) is -1.74. The van der Waals surface area contributed by atoms with Crippen molar-refractivity contribution >= 4 is 34.4 Å². The first kappa shape index (κ1) is 16.3. The van der Waals surface area contributed by atoms with Crippen molar-refractivity contribution in [3.05, 3.63) is 77.9 Å². The molecular weight excluding hydrogens is 318 g/mol.